The molecule has 0 bridgehead atoms. The predicted octanol–water partition coefficient (Wildman–Crippen LogP) is 2.70. The van der Waals surface area contributed by atoms with Crippen molar-refractivity contribution in [3.8, 4) is 0 Å². The van der Waals surface area contributed by atoms with Crippen LogP contribution in [0.15, 0.2) is 36.5 Å². The summed E-state index contributed by atoms with van der Waals surface area (Å²) in [5.41, 5.74) is 3.29. The van der Waals surface area contributed by atoms with Gasteiger partial charge in [0.15, 0.2) is 0 Å². The first kappa shape index (κ1) is 14.7. The van der Waals surface area contributed by atoms with E-state index in [-0.39, 0.29) is 12.5 Å². The molecule has 0 fully saturated rings. The minimum atomic E-state index is -0.111. The number of rotatable bonds is 5. The number of unbranched alkanes of at least 4 members (excludes halogenated alkanes) is 1. The van der Waals surface area contributed by atoms with E-state index < -0.39 is 0 Å². The SMILES string of the molecule is O=C(NCCCCO)c1ccc2c(c1)nc1c2ccc2c[nH][nH]c21. The zero-order chi connectivity index (χ0) is 16.5. The Morgan fingerprint density at radius 3 is 2.92 bits per heavy atom. The number of carbonyl (C=O) groups excluding carboxylic acids is 1. The second kappa shape index (κ2) is 5.98. The lowest BCUT2D eigenvalue weighted by Crippen LogP contribution is -2.24. The Morgan fingerprint density at radius 2 is 2.04 bits per heavy atom. The van der Waals surface area contributed by atoms with Crippen molar-refractivity contribution in [3.05, 3.63) is 42.1 Å². The molecule has 0 aliphatic heterocycles. The van der Waals surface area contributed by atoms with E-state index in [9.17, 15) is 4.79 Å². The molecule has 2 heterocycles. The maximum atomic E-state index is 12.2. The van der Waals surface area contributed by atoms with E-state index in [0.717, 1.165) is 39.1 Å². The Kier molecular flexibility index (Phi) is 3.66. The highest BCUT2D eigenvalue weighted by atomic mass is 16.2. The Bertz CT molecular complexity index is 1030. The summed E-state index contributed by atoms with van der Waals surface area (Å²) >= 11 is 0. The zero-order valence-corrected chi connectivity index (χ0v) is 13.1. The van der Waals surface area contributed by atoms with Gasteiger partial charge in [0, 0.05) is 41.1 Å². The van der Waals surface area contributed by atoms with Gasteiger partial charge in [-0.05, 0) is 25.0 Å². The molecule has 0 aliphatic rings. The fourth-order valence-corrected chi connectivity index (χ4v) is 3.03. The number of aliphatic hydroxyl groups excluding tert-OH is 1. The molecule has 6 nitrogen and oxygen atoms in total. The van der Waals surface area contributed by atoms with E-state index in [1.54, 1.807) is 0 Å². The molecule has 2 aromatic heterocycles. The maximum Gasteiger partial charge on any atom is 0.251 e. The number of hydrogen-bond donors (Lipinski definition) is 4. The average molecular weight is 322 g/mol. The van der Waals surface area contributed by atoms with Crippen LogP contribution in [-0.2, 0) is 0 Å². The molecule has 4 aromatic rings. The summed E-state index contributed by atoms with van der Waals surface area (Å²) in [6, 6.07) is 9.72. The van der Waals surface area contributed by atoms with Gasteiger partial charge < -0.3 is 15.5 Å². The number of aliphatic hydroxyl groups is 1. The van der Waals surface area contributed by atoms with E-state index in [4.69, 9.17) is 10.1 Å². The minimum Gasteiger partial charge on any atom is -0.396 e. The molecule has 1 amide bonds. The van der Waals surface area contributed by atoms with Crippen molar-refractivity contribution in [2.24, 2.45) is 0 Å². The fourth-order valence-electron chi connectivity index (χ4n) is 3.03. The highest BCUT2D eigenvalue weighted by Gasteiger charge is 2.12. The number of nitrogens with one attached hydrogen (secondary N) is 3. The molecule has 6 heteroatoms. The highest BCUT2D eigenvalue weighted by molar-refractivity contribution is 6.16. The maximum absolute atomic E-state index is 12.2. The third-order valence-electron chi connectivity index (χ3n) is 4.29. The summed E-state index contributed by atoms with van der Waals surface area (Å²) in [5.74, 6) is -0.111. The quantitative estimate of drug-likeness (QED) is 0.426. The van der Waals surface area contributed by atoms with Crippen molar-refractivity contribution in [1.29, 1.82) is 0 Å². The van der Waals surface area contributed by atoms with Crippen molar-refractivity contribution in [2.45, 2.75) is 12.8 Å². The van der Waals surface area contributed by atoms with Gasteiger partial charge in [0.05, 0.1) is 16.6 Å². The van der Waals surface area contributed by atoms with Gasteiger partial charge in [0.1, 0.15) is 0 Å². The third-order valence-corrected chi connectivity index (χ3v) is 4.29. The van der Waals surface area contributed by atoms with Gasteiger partial charge in [-0.2, -0.15) is 0 Å². The summed E-state index contributed by atoms with van der Waals surface area (Å²) in [7, 11) is 0. The van der Waals surface area contributed by atoms with Gasteiger partial charge in [0.2, 0.25) is 0 Å². The van der Waals surface area contributed by atoms with Crippen LogP contribution in [0.3, 0.4) is 0 Å². The first-order chi connectivity index (χ1) is 11.8. The summed E-state index contributed by atoms with van der Waals surface area (Å²) in [6.07, 6.45) is 3.36. The van der Waals surface area contributed by atoms with Gasteiger partial charge in [0.25, 0.3) is 5.91 Å². The van der Waals surface area contributed by atoms with Crippen molar-refractivity contribution < 1.29 is 9.90 Å². The Hall–Kier alpha value is -2.86. The molecule has 4 rings (SSSR count). The van der Waals surface area contributed by atoms with E-state index in [2.05, 4.69) is 21.6 Å². The molecular weight excluding hydrogens is 304 g/mol. The molecule has 0 saturated carbocycles. The number of carbonyl (C=O) groups is 1. The number of aromatic amines is 2. The molecule has 4 N–H and O–H groups in total. The predicted molar refractivity (Wildman–Crippen MR) is 94.1 cm³/mol. The summed E-state index contributed by atoms with van der Waals surface area (Å²) in [6.45, 7) is 0.712. The number of aromatic nitrogens is 3. The molecular formula is C18H18N4O2. The monoisotopic (exact) mass is 322 g/mol. The number of nitrogens with zero attached hydrogens (tertiary/aromatic N) is 1. The zero-order valence-electron chi connectivity index (χ0n) is 13.1. The molecule has 24 heavy (non-hydrogen) atoms. The average Bonchev–Trinajstić information content (AvgIpc) is 3.21. The fraction of sp³-hybridized carbons (Fsp3) is 0.222. The molecule has 0 saturated heterocycles. The number of benzene rings is 2. The standard InChI is InChI=1S/C18H18N4O2/c23-8-2-1-7-19-18(24)11-3-5-13-14-6-4-12-10-20-22-16(12)17(14)21-15(13)9-11/h3-6,9-10,20,22-23H,1-2,7-8H2,(H,19,24). The first-order valence-electron chi connectivity index (χ1n) is 8.05. The van der Waals surface area contributed by atoms with Gasteiger partial charge in [-0.15, -0.1) is 0 Å². The van der Waals surface area contributed by atoms with E-state index in [1.165, 1.54) is 0 Å². The van der Waals surface area contributed by atoms with Crippen molar-refractivity contribution in [2.75, 3.05) is 13.2 Å². The van der Waals surface area contributed by atoms with E-state index in [0.29, 0.717) is 18.5 Å². The number of H-pyrrole nitrogens is 2. The Balaban J connectivity index is 1.70. The van der Waals surface area contributed by atoms with Crippen LogP contribution in [0.25, 0.3) is 32.7 Å². The third kappa shape index (κ3) is 2.41. The molecule has 0 aliphatic carbocycles. The highest BCUT2D eigenvalue weighted by Crippen LogP contribution is 2.30. The molecule has 0 radical (unpaired) electrons. The van der Waals surface area contributed by atoms with Gasteiger partial charge >= 0.3 is 0 Å². The lowest BCUT2D eigenvalue weighted by molar-refractivity contribution is 0.0952. The minimum absolute atomic E-state index is 0.111. The smallest absolute Gasteiger partial charge is 0.251 e. The largest absolute Gasteiger partial charge is 0.396 e. The van der Waals surface area contributed by atoms with Gasteiger partial charge in [-0.1, -0.05) is 18.2 Å². The molecule has 122 valence electrons. The van der Waals surface area contributed by atoms with Crippen LogP contribution in [0, 0.1) is 0 Å². The van der Waals surface area contributed by atoms with Crippen LogP contribution in [0.1, 0.15) is 23.2 Å². The van der Waals surface area contributed by atoms with Crippen LogP contribution in [-0.4, -0.2) is 39.3 Å². The molecule has 0 unspecified atom stereocenters. The number of amides is 1. The topological polar surface area (TPSA) is 93.8 Å². The lowest BCUT2D eigenvalue weighted by Gasteiger charge is -2.04. The summed E-state index contributed by atoms with van der Waals surface area (Å²) in [4.78, 5) is 16.9. The van der Waals surface area contributed by atoms with Crippen LogP contribution in [0.4, 0.5) is 0 Å². The van der Waals surface area contributed by atoms with Crippen LogP contribution in [0.2, 0.25) is 0 Å². The molecule has 0 atom stereocenters. The number of fused-ring (bicyclic) bond motifs is 5. The van der Waals surface area contributed by atoms with Crippen molar-refractivity contribution in [3.63, 3.8) is 0 Å². The lowest BCUT2D eigenvalue weighted by atomic mass is 10.1. The van der Waals surface area contributed by atoms with Crippen LogP contribution >= 0.6 is 0 Å². The molecule has 2 aromatic carbocycles. The van der Waals surface area contributed by atoms with E-state index >= 15 is 0 Å². The Labute approximate surface area is 137 Å². The van der Waals surface area contributed by atoms with Crippen LogP contribution < -0.4 is 5.32 Å². The van der Waals surface area contributed by atoms with Crippen molar-refractivity contribution in [1.82, 2.24) is 20.5 Å². The normalized spacial score (nSPS) is 11.5. The first-order valence-corrected chi connectivity index (χ1v) is 8.05. The van der Waals surface area contributed by atoms with Gasteiger partial charge in [-0.25, -0.2) is 4.98 Å². The van der Waals surface area contributed by atoms with Crippen LogP contribution in [0.5, 0.6) is 0 Å². The number of hydrogen-bond acceptors (Lipinski definition) is 3. The van der Waals surface area contributed by atoms with Crippen molar-refractivity contribution >= 4 is 38.6 Å². The summed E-state index contributed by atoms with van der Waals surface area (Å²) < 4.78 is 0. The van der Waals surface area contributed by atoms with E-state index in [1.807, 2.05) is 30.5 Å². The second-order valence-electron chi connectivity index (χ2n) is 5.87. The molecule has 0 spiro atoms. The Morgan fingerprint density at radius 1 is 1.17 bits per heavy atom. The van der Waals surface area contributed by atoms with Gasteiger partial charge in [-0.3, -0.25) is 9.89 Å². The summed E-state index contributed by atoms with van der Waals surface area (Å²) in [5, 5.41) is 20.9. The second-order valence-corrected chi connectivity index (χ2v) is 5.87.